The van der Waals surface area contributed by atoms with E-state index < -0.39 is 8.32 Å². The van der Waals surface area contributed by atoms with Crippen LogP contribution in [-0.2, 0) is 9.16 Å². The summed E-state index contributed by atoms with van der Waals surface area (Å²) in [5.41, 5.74) is -0.286. The maximum Gasteiger partial charge on any atom is 0.191 e. The molecule has 1 aliphatic rings. The number of rotatable bonds is 8. The molecule has 0 aromatic carbocycles. The first-order valence-corrected chi connectivity index (χ1v) is 10.6. The van der Waals surface area contributed by atoms with Crippen LogP contribution in [0.15, 0.2) is 12.7 Å². The zero-order valence-corrected chi connectivity index (χ0v) is 14.9. The van der Waals surface area contributed by atoms with Crippen LogP contribution in [0.25, 0.3) is 0 Å². The lowest BCUT2D eigenvalue weighted by Crippen LogP contribution is -2.53. The first kappa shape index (κ1) is 17.9. The second-order valence-electron chi connectivity index (χ2n) is 7.42. The Labute approximate surface area is 125 Å². The molecule has 1 heterocycles. The molecule has 0 amide bonds. The van der Waals surface area contributed by atoms with Crippen LogP contribution in [0, 0.1) is 5.92 Å². The maximum absolute atomic E-state index is 9.30. The lowest BCUT2D eigenvalue weighted by atomic mass is 9.79. The van der Waals surface area contributed by atoms with Crippen molar-refractivity contribution in [2.75, 3.05) is 19.8 Å². The molecule has 0 spiro atoms. The van der Waals surface area contributed by atoms with Gasteiger partial charge in [0.15, 0.2) is 8.32 Å². The Morgan fingerprint density at radius 2 is 2.05 bits per heavy atom. The van der Waals surface area contributed by atoms with Gasteiger partial charge in [-0.05, 0) is 37.4 Å². The van der Waals surface area contributed by atoms with E-state index in [1.807, 2.05) is 6.08 Å². The van der Waals surface area contributed by atoms with Crippen molar-refractivity contribution in [3.05, 3.63) is 12.7 Å². The molecule has 1 rings (SSSR count). The number of ether oxygens (including phenoxy) is 1. The minimum Gasteiger partial charge on any atom is -0.417 e. The summed E-state index contributed by atoms with van der Waals surface area (Å²) < 4.78 is 11.8. The Hall–Kier alpha value is -0.163. The smallest absolute Gasteiger partial charge is 0.191 e. The van der Waals surface area contributed by atoms with E-state index >= 15 is 0 Å². The Balaban J connectivity index is 2.27. The first-order chi connectivity index (χ1) is 9.18. The quantitative estimate of drug-likeness (QED) is 0.421. The molecule has 0 aromatic rings. The van der Waals surface area contributed by atoms with Gasteiger partial charge in [-0.3, -0.25) is 0 Å². The zero-order valence-electron chi connectivity index (χ0n) is 13.9. The van der Waals surface area contributed by atoms with Crippen LogP contribution in [0.2, 0.25) is 18.1 Å². The summed E-state index contributed by atoms with van der Waals surface area (Å²) in [6, 6.07) is 0. The molecule has 0 saturated carbocycles. The molecule has 1 saturated heterocycles. The summed E-state index contributed by atoms with van der Waals surface area (Å²) in [5, 5.41) is 9.58. The summed E-state index contributed by atoms with van der Waals surface area (Å²) in [6.45, 7) is 16.9. The monoisotopic (exact) mass is 300 g/mol. The SMILES string of the molecule is C=CC1(CCCCO[Si](C)(C)C(C)(C)C)OCC1CO. The van der Waals surface area contributed by atoms with Crippen molar-refractivity contribution in [3.8, 4) is 0 Å². The summed E-state index contributed by atoms with van der Waals surface area (Å²) in [6.07, 6.45) is 4.90. The van der Waals surface area contributed by atoms with Gasteiger partial charge < -0.3 is 14.3 Å². The van der Waals surface area contributed by atoms with E-state index in [-0.39, 0.29) is 23.2 Å². The second kappa shape index (κ2) is 6.73. The molecule has 0 aliphatic carbocycles. The Kier molecular flexibility index (Phi) is 6.02. The van der Waals surface area contributed by atoms with Crippen LogP contribution in [0.1, 0.15) is 40.0 Å². The van der Waals surface area contributed by atoms with Gasteiger partial charge in [0, 0.05) is 12.5 Å². The van der Waals surface area contributed by atoms with Crippen molar-refractivity contribution < 1.29 is 14.3 Å². The molecular formula is C16H32O3Si. The Morgan fingerprint density at radius 1 is 1.40 bits per heavy atom. The topological polar surface area (TPSA) is 38.7 Å². The molecule has 1 fully saturated rings. The zero-order chi connectivity index (χ0) is 15.4. The van der Waals surface area contributed by atoms with Crippen LogP contribution >= 0.6 is 0 Å². The molecule has 2 atom stereocenters. The van der Waals surface area contributed by atoms with Crippen LogP contribution < -0.4 is 0 Å². The molecule has 3 nitrogen and oxygen atoms in total. The highest BCUT2D eigenvalue weighted by Gasteiger charge is 2.45. The highest BCUT2D eigenvalue weighted by atomic mass is 28.4. The maximum atomic E-state index is 9.30. The van der Waals surface area contributed by atoms with Crippen molar-refractivity contribution in [2.24, 2.45) is 5.92 Å². The van der Waals surface area contributed by atoms with E-state index in [9.17, 15) is 5.11 Å². The number of aliphatic hydroxyl groups excluding tert-OH is 1. The fourth-order valence-electron chi connectivity index (χ4n) is 2.27. The second-order valence-corrected chi connectivity index (χ2v) is 12.2. The van der Waals surface area contributed by atoms with Gasteiger partial charge in [0.05, 0.1) is 18.8 Å². The lowest BCUT2D eigenvalue weighted by Gasteiger charge is -2.47. The fraction of sp³-hybridized carbons (Fsp3) is 0.875. The normalized spacial score (nSPS) is 27.2. The summed E-state index contributed by atoms with van der Waals surface area (Å²) in [5.74, 6) is 0.223. The van der Waals surface area contributed by atoms with Crippen molar-refractivity contribution in [2.45, 2.75) is 63.8 Å². The summed E-state index contributed by atoms with van der Waals surface area (Å²) in [4.78, 5) is 0. The largest absolute Gasteiger partial charge is 0.417 e. The van der Waals surface area contributed by atoms with Crippen molar-refractivity contribution in [3.63, 3.8) is 0 Å². The molecule has 118 valence electrons. The van der Waals surface area contributed by atoms with E-state index in [1.54, 1.807) is 0 Å². The molecule has 20 heavy (non-hydrogen) atoms. The minimum atomic E-state index is -1.62. The molecule has 1 N–H and O–H groups in total. The molecule has 2 unspecified atom stereocenters. The van der Waals surface area contributed by atoms with Gasteiger partial charge in [-0.1, -0.05) is 26.8 Å². The minimum absolute atomic E-state index is 0.187. The van der Waals surface area contributed by atoms with Crippen LogP contribution in [-0.4, -0.2) is 38.8 Å². The van der Waals surface area contributed by atoms with Gasteiger partial charge in [0.25, 0.3) is 0 Å². The Morgan fingerprint density at radius 3 is 2.45 bits per heavy atom. The third-order valence-corrected chi connectivity index (χ3v) is 9.58. The van der Waals surface area contributed by atoms with Crippen LogP contribution in [0.4, 0.5) is 0 Å². The van der Waals surface area contributed by atoms with Crippen LogP contribution in [0.3, 0.4) is 0 Å². The van der Waals surface area contributed by atoms with Crippen molar-refractivity contribution in [1.29, 1.82) is 0 Å². The third kappa shape index (κ3) is 3.94. The van der Waals surface area contributed by atoms with Gasteiger partial charge >= 0.3 is 0 Å². The van der Waals surface area contributed by atoms with E-state index in [4.69, 9.17) is 9.16 Å². The summed E-state index contributed by atoms with van der Waals surface area (Å²) in [7, 11) is -1.62. The number of hydrogen-bond acceptors (Lipinski definition) is 3. The molecular weight excluding hydrogens is 268 g/mol. The molecule has 0 aromatic heterocycles. The van der Waals surface area contributed by atoms with Gasteiger partial charge in [-0.2, -0.15) is 0 Å². The van der Waals surface area contributed by atoms with E-state index in [0.717, 1.165) is 25.9 Å². The van der Waals surface area contributed by atoms with Crippen LogP contribution in [0.5, 0.6) is 0 Å². The van der Waals surface area contributed by atoms with Crippen molar-refractivity contribution in [1.82, 2.24) is 0 Å². The number of unbranched alkanes of at least 4 members (excludes halogenated alkanes) is 1. The molecule has 1 aliphatic heterocycles. The van der Waals surface area contributed by atoms with E-state index in [0.29, 0.717) is 6.61 Å². The third-order valence-electron chi connectivity index (χ3n) is 5.04. The Bertz CT molecular complexity index is 320. The fourth-order valence-corrected chi connectivity index (χ4v) is 3.36. The highest BCUT2D eigenvalue weighted by molar-refractivity contribution is 6.74. The first-order valence-electron chi connectivity index (χ1n) is 7.71. The predicted octanol–water partition coefficient (Wildman–Crippen LogP) is 3.74. The summed E-state index contributed by atoms with van der Waals surface area (Å²) >= 11 is 0. The lowest BCUT2D eigenvalue weighted by molar-refractivity contribution is -0.189. The van der Waals surface area contributed by atoms with Gasteiger partial charge in [0.2, 0.25) is 0 Å². The highest BCUT2D eigenvalue weighted by Crippen LogP contribution is 2.39. The molecule has 0 bridgehead atoms. The predicted molar refractivity (Wildman–Crippen MR) is 86.5 cm³/mol. The number of hydrogen-bond donors (Lipinski definition) is 1. The van der Waals surface area contributed by atoms with Gasteiger partial charge in [-0.15, -0.1) is 6.58 Å². The standard InChI is InChI=1S/C16H32O3Si/c1-7-16(14(12-17)13-18-16)10-8-9-11-19-20(5,6)15(2,3)4/h7,14,17H,1,8-13H2,2-6H3. The molecule has 4 heteroatoms. The average molecular weight is 301 g/mol. The van der Waals surface area contributed by atoms with E-state index in [1.165, 1.54) is 0 Å². The van der Waals surface area contributed by atoms with Gasteiger partial charge in [0.1, 0.15) is 0 Å². The van der Waals surface area contributed by atoms with Crippen molar-refractivity contribution >= 4 is 8.32 Å². The van der Waals surface area contributed by atoms with E-state index in [2.05, 4.69) is 40.4 Å². The number of aliphatic hydroxyl groups is 1. The molecule has 0 radical (unpaired) electrons. The van der Waals surface area contributed by atoms with Gasteiger partial charge in [-0.25, -0.2) is 0 Å². The average Bonchev–Trinajstić information content (AvgIpc) is 2.31.